The van der Waals surface area contributed by atoms with Crippen molar-refractivity contribution in [2.75, 3.05) is 24.4 Å². The van der Waals surface area contributed by atoms with E-state index < -0.39 is 0 Å². The van der Waals surface area contributed by atoms with Crippen molar-refractivity contribution in [1.82, 2.24) is 0 Å². The maximum atomic E-state index is 11.7. The molecule has 0 spiro atoms. The van der Waals surface area contributed by atoms with Crippen molar-refractivity contribution in [2.45, 2.75) is 25.8 Å². The number of para-hydroxylation sites is 1. The van der Waals surface area contributed by atoms with Gasteiger partial charge in [0.1, 0.15) is 6.04 Å². The summed E-state index contributed by atoms with van der Waals surface area (Å²) in [6.07, 6.45) is 3.86. The van der Waals surface area contributed by atoms with E-state index in [0.717, 1.165) is 29.8 Å². The Morgan fingerprint density at radius 3 is 2.78 bits per heavy atom. The van der Waals surface area contributed by atoms with Crippen molar-refractivity contribution in [3.8, 4) is 0 Å². The van der Waals surface area contributed by atoms with Gasteiger partial charge in [0.15, 0.2) is 0 Å². The molecule has 1 rings (SSSR count). The Hall–Kier alpha value is -1.16. The van der Waals surface area contributed by atoms with Gasteiger partial charge in [-0.1, -0.05) is 18.2 Å². The second kappa shape index (κ2) is 8.03. The number of rotatable bonds is 7. The van der Waals surface area contributed by atoms with Gasteiger partial charge >= 0.3 is 5.97 Å². The zero-order chi connectivity index (χ0) is 13.4. The zero-order valence-corrected chi connectivity index (χ0v) is 12.0. The highest BCUT2D eigenvalue weighted by Crippen LogP contribution is 2.17. The van der Waals surface area contributed by atoms with E-state index in [1.165, 1.54) is 7.11 Å². The van der Waals surface area contributed by atoms with Crippen LogP contribution in [0.5, 0.6) is 0 Å². The third kappa shape index (κ3) is 4.61. The van der Waals surface area contributed by atoms with Crippen molar-refractivity contribution < 1.29 is 9.53 Å². The van der Waals surface area contributed by atoms with Crippen LogP contribution in [0.1, 0.15) is 18.4 Å². The van der Waals surface area contributed by atoms with Gasteiger partial charge in [-0.15, -0.1) is 0 Å². The maximum Gasteiger partial charge on any atom is 0.328 e. The Morgan fingerprint density at radius 1 is 1.44 bits per heavy atom. The Balaban J connectivity index is 2.66. The smallest absolute Gasteiger partial charge is 0.328 e. The quantitative estimate of drug-likeness (QED) is 0.608. The van der Waals surface area contributed by atoms with Gasteiger partial charge in [-0.05, 0) is 43.4 Å². The lowest BCUT2D eigenvalue weighted by Gasteiger charge is -2.18. The Labute approximate surface area is 113 Å². The standard InChI is InChI=1S/C14H21NO2S/c1-11-7-4-5-8-12(11)15-13(14(16)17-2)9-6-10-18-3/h4-5,7-8,13,15H,6,9-10H2,1-3H3. The van der Waals surface area contributed by atoms with E-state index in [0.29, 0.717) is 0 Å². The summed E-state index contributed by atoms with van der Waals surface area (Å²) in [6.45, 7) is 2.03. The molecule has 100 valence electrons. The van der Waals surface area contributed by atoms with Gasteiger partial charge in [0.2, 0.25) is 0 Å². The van der Waals surface area contributed by atoms with Gasteiger partial charge in [-0.2, -0.15) is 11.8 Å². The summed E-state index contributed by atoms with van der Waals surface area (Å²) < 4.78 is 4.85. The van der Waals surface area contributed by atoms with Crippen LogP contribution < -0.4 is 5.32 Å². The molecule has 1 atom stereocenters. The summed E-state index contributed by atoms with van der Waals surface area (Å²) in [5, 5.41) is 3.27. The second-order valence-corrected chi connectivity index (χ2v) is 5.16. The molecule has 0 aliphatic heterocycles. The normalized spacial score (nSPS) is 11.9. The number of carbonyl (C=O) groups is 1. The fourth-order valence-electron chi connectivity index (χ4n) is 1.75. The molecule has 1 unspecified atom stereocenters. The topological polar surface area (TPSA) is 38.3 Å². The van der Waals surface area contributed by atoms with E-state index >= 15 is 0 Å². The molecule has 1 aromatic rings. The van der Waals surface area contributed by atoms with Gasteiger partial charge in [0.05, 0.1) is 7.11 Å². The van der Waals surface area contributed by atoms with Crippen LogP contribution in [0.4, 0.5) is 5.69 Å². The molecule has 0 saturated heterocycles. The number of aryl methyl sites for hydroxylation is 1. The van der Waals surface area contributed by atoms with E-state index in [1.807, 2.05) is 31.2 Å². The Bertz CT molecular complexity index is 382. The average molecular weight is 267 g/mol. The van der Waals surface area contributed by atoms with Crippen molar-refractivity contribution >= 4 is 23.4 Å². The number of methoxy groups -OCH3 is 1. The number of hydrogen-bond acceptors (Lipinski definition) is 4. The first-order chi connectivity index (χ1) is 8.69. The van der Waals surface area contributed by atoms with Crippen LogP contribution in [0.3, 0.4) is 0 Å². The predicted octanol–water partition coefficient (Wildman–Crippen LogP) is 3.09. The van der Waals surface area contributed by atoms with Gasteiger partial charge < -0.3 is 10.1 Å². The van der Waals surface area contributed by atoms with E-state index in [9.17, 15) is 4.79 Å². The number of thioether (sulfide) groups is 1. The van der Waals surface area contributed by atoms with Gasteiger partial charge in [-0.25, -0.2) is 4.79 Å². The molecule has 0 aliphatic carbocycles. The van der Waals surface area contributed by atoms with Crippen LogP contribution in [0.25, 0.3) is 0 Å². The summed E-state index contributed by atoms with van der Waals surface area (Å²) in [5.74, 6) is 0.863. The van der Waals surface area contributed by atoms with Crippen molar-refractivity contribution in [1.29, 1.82) is 0 Å². The van der Waals surface area contributed by atoms with Gasteiger partial charge in [-0.3, -0.25) is 0 Å². The van der Waals surface area contributed by atoms with E-state index in [4.69, 9.17) is 4.74 Å². The summed E-state index contributed by atoms with van der Waals surface area (Å²) >= 11 is 1.79. The lowest BCUT2D eigenvalue weighted by atomic mass is 10.1. The van der Waals surface area contributed by atoms with E-state index in [2.05, 4.69) is 11.6 Å². The molecule has 0 radical (unpaired) electrons. The monoisotopic (exact) mass is 267 g/mol. The van der Waals surface area contributed by atoms with Gasteiger partial charge in [0.25, 0.3) is 0 Å². The SMILES string of the molecule is COC(=O)C(CCCSC)Nc1ccccc1C. The molecule has 0 saturated carbocycles. The van der Waals surface area contributed by atoms with Crippen molar-refractivity contribution in [3.05, 3.63) is 29.8 Å². The van der Waals surface area contributed by atoms with Crippen LogP contribution in [-0.4, -0.2) is 31.1 Å². The molecule has 0 fully saturated rings. The molecule has 0 aliphatic rings. The number of ether oxygens (including phenoxy) is 1. The highest BCUT2D eigenvalue weighted by atomic mass is 32.2. The first kappa shape index (κ1) is 14.9. The first-order valence-electron chi connectivity index (χ1n) is 6.08. The summed E-state index contributed by atoms with van der Waals surface area (Å²) in [6, 6.07) is 7.70. The second-order valence-electron chi connectivity index (χ2n) is 4.17. The highest BCUT2D eigenvalue weighted by Gasteiger charge is 2.18. The number of hydrogen-bond donors (Lipinski definition) is 1. The van der Waals surface area contributed by atoms with Crippen LogP contribution in [0, 0.1) is 6.92 Å². The molecule has 0 amide bonds. The number of anilines is 1. The summed E-state index contributed by atoms with van der Waals surface area (Å²) in [7, 11) is 1.43. The molecular formula is C14H21NO2S. The average Bonchev–Trinajstić information content (AvgIpc) is 2.39. The van der Waals surface area contributed by atoms with Crippen LogP contribution in [0.15, 0.2) is 24.3 Å². The number of benzene rings is 1. The third-order valence-electron chi connectivity index (χ3n) is 2.80. The zero-order valence-electron chi connectivity index (χ0n) is 11.2. The van der Waals surface area contributed by atoms with E-state index in [-0.39, 0.29) is 12.0 Å². The Morgan fingerprint density at radius 2 is 2.17 bits per heavy atom. The lowest BCUT2D eigenvalue weighted by molar-refractivity contribution is -0.141. The molecule has 1 N–H and O–H groups in total. The molecular weight excluding hydrogens is 246 g/mol. The largest absolute Gasteiger partial charge is 0.467 e. The summed E-state index contributed by atoms with van der Waals surface area (Å²) in [4.78, 5) is 11.7. The minimum atomic E-state index is -0.261. The minimum absolute atomic E-state index is 0.195. The predicted molar refractivity (Wildman–Crippen MR) is 78.2 cm³/mol. The number of esters is 1. The molecule has 0 aromatic heterocycles. The van der Waals surface area contributed by atoms with Crippen molar-refractivity contribution in [2.24, 2.45) is 0 Å². The Kier molecular flexibility index (Phi) is 6.65. The molecule has 4 heteroatoms. The maximum absolute atomic E-state index is 11.7. The van der Waals surface area contributed by atoms with Gasteiger partial charge in [0, 0.05) is 5.69 Å². The van der Waals surface area contributed by atoms with E-state index in [1.54, 1.807) is 11.8 Å². The number of carbonyl (C=O) groups excluding carboxylic acids is 1. The highest BCUT2D eigenvalue weighted by molar-refractivity contribution is 7.98. The third-order valence-corrected chi connectivity index (χ3v) is 3.50. The van der Waals surface area contributed by atoms with Crippen LogP contribution >= 0.6 is 11.8 Å². The fraction of sp³-hybridized carbons (Fsp3) is 0.500. The van der Waals surface area contributed by atoms with Crippen LogP contribution in [-0.2, 0) is 9.53 Å². The molecule has 18 heavy (non-hydrogen) atoms. The van der Waals surface area contributed by atoms with Crippen LogP contribution in [0.2, 0.25) is 0 Å². The lowest BCUT2D eigenvalue weighted by Crippen LogP contribution is -2.31. The molecule has 1 aromatic carbocycles. The minimum Gasteiger partial charge on any atom is -0.467 e. The fourth-order valence-corrected chi connectivity index (χ4v) is 2.20. The molecule has 3 nitrogen and oxygen atoms in total. The van der Waals surface area contributed by atoms with Crippen molar-refractivity contribution in [3.63, 3.8) is 0 Å². The molecule has 0 heterocycles. The summed E-state index contributed by atoms with van der Waals surface area (Å²) in [5.41, 5.74) is 2.13. The number of nitrogens with one attached hydrogen (secondary N) is 1. The molecule has 0 bridgehead atoms. The first-order valence-corrected chi connectivity index (χ1v) is 7.47.